The molecule has 4 rings (SSSR count). The molecular weight excluding hydrogens is 436 g/mol. The maximum atomic E-state index is 13.2. The summed E-state index contributed by atoms with van der Waals surface area (Å²) in [6.45, 7) is 4.20. The first-order valence-electron chi connectivity index (χ1n) is 10.6. The van der Waals surface area contributed by atoms with Gasteiger partial charge in [-0.25, -0.2) is 0 Å². The fraction of sp³-hybridized carbons (Fsp3) is 0.185. The van der Waals surface area contributed by atoms with Crippen LogP contribution in [-0.2, 0) is 6.42 Å². The quantitative estimate of drug-likeness (QED) is 0.376. The smallest absolute Gasteiger partial charge is 0.255 e. The van der Waals surface area contributed by atoms with E-state index in [1.165, 1.54) is 0 Å². The van der Waals surface area contributed by atoms with Crippen LogP contribution in [0.2, 0.25) is 5.02 Å². The van der Waals surface area contributed by atoms with E-state index in [2.05, 4.69) is 24.5 Å². The highest BCUT2D eigenvalue weighted by Crippen LogP contribution is 2.32. The van der Waals surface area contributed by atoms with Crippen molar-refractivity contribution in [1.29, 1.82) is 0 Å². The zero-order valence-electron chi connectivity index (χ0n) is 18.7. The second-order valence-corrected chi connectivity index (χ2v) is 9.11. The van der Waals surface area contributed by atoms with Gasteiger partial charge in [0, 0.05) is 44.7 Å². The third kappa shape index (κ3) is 5.26. The molecule has 0 unspecified atom stereocenters. The van der Waals surface area contributed by atoms with Crippen LogP contribution in [0, 0.1) is 0 Å². The molecule has 168 valence electrons. The number of ether oxygens (including phenoxy) is 1. The van der Waals surface area contributed by atoms with Gasteiger partial charge < -0.3 is 15.4 Å². The van der Waals surface area contributed by atoms with Crippen LogP contribution in [0.25, 0.3) is 5.70 Å². The molecular formula is C27H25ClN2O3. The maximum absolute atomic E-state index is 13.2. The molecule has 3 aromatic carbocycles. The minimum atomic E-state index is -0.294. The van der Waals surface area contributed by atoms with E-state index in [0.29, 0.717) is 21.8 Å². The Bertz CT molecular complexity index is 1260. The average molecular weight is 461 g/mol. The second kappa shape index (κ2) is 9.12. The SMILES string of the molecule is COc1ccc2c(c1)C(=CC(=O)c1cccc(NC(=O)c3cccc(Cl)c3)c1)NC(C)(C)C2. The summed E-state index contributed by atoms with van der Waals surface area (Å²) in [5, 5.41) is 6.79. The van der Waals surface area contributed by atoms with Crippen LogP contribution in [-0.4, -0.2) is 24.3 Å². The number of carbonyl (C=O) groups is 2. The van der Waals surface area contributed by atoms with Crippen molar-refractivity contribution < 1.29 is 14.3 Å². The van der Waals surface area contributed by atoms with Crippen molar-refractivity contribution in [3.63, 3.8) is 0 Å². The number of halogens is 1. The van der Waals surface area contributed by atoms with E-state index in [9.17, 15) is 9.59 Å². The number of carbonyl (C=O) groups excluding carboxylic acids is 2. The predicted molar refractivity (Wildman–Crippen MR) is 132 cm³/mol. The van der Waals surface area contributed by atoms with Gasteiger partial charge in [-0.2, -0.15) is 0 Å². The average Bonchev–Trinajstić information content (AvgIpc) is 2.78. The molecule has 2 N–H and O–H groups in total. The Morgan fingerprint density at radius 1 is 1.03 bits per heavy atom. The summed E-state index contributed by atoms with van der Waals surface area (Å²) >= 11 is 5.98. The number of anilines is 1. The summed E-state index contributed by atoms with van der Waals surface area (Å²) in [5.74, 6) is 0.277. The number of fused-ring (bicyclic) bond motifs is 1. The highest BCUT2D eigenvalue weighted by Gasteiger charge is 2.28. The highest BCUT2D eigenvalue weighted by atomic mass is 35.5. The Hall–Kier alpha value is -3.57. The Balaban J connectivity index is 1.61. The topological polar surface area (TPSA) is 67.4 Å². The molecule has 0 spiro atoms. The summed E-state index contributed by atoms with van der Waals surface area (Å²) in [6.07, 6.45) is 2.44. The number of benzene rings is 3. The number of methoxy groups -OCH3 is 1. The van der Waals surface area contributed by atoms with Crippen LogP contribution in [0.15, 0.2) is 72.8 Å². The molecule has 0 radical (unpaired) electrons. The summed E-state index contributed by atoms with van der Waals surface area (Å²) in [4.78, 5) is 25.7. The largest absolute Gasteiger partial charge is 0.497 e. The molecule has 33 heavy (non-hydrogen) atoms. The molecule has 1 aliphatic heterocycles. The summed E-state index contributed by atoms with van der Waals surface area (Å²) in [6, 6.07) is 19.5. The molecule has 0 aromatic heterocycles. The van der Waals surface area contributed by atoms with Gasteiger partial charge in [-0.3, -0.25) is 9.59 Å². The maximum Gasteiger partial charge on any atom is 0.255 e. The van der Waals surface area contributed by atoms with Gasteiger partial charge in [0.15, 0.2) is 5.78 Å². The van der Waals surface area contributed by atoms with Crippen LogP contribution in [0.4, 0.5) is 5.69 Å². The fourth-order valence-corrected chi connectivity index (χ4v) is 4.14. The number of amides is 1. The lowest BCUT2D eigenvalue weighted by Crippen LogP contribution is -2.43. The minimum Gasteiger partial charge on any atom is -0.497 e. The van der Waals surface area contributed by atoms with E-state index in [4.69, 9.17) is 16.3 Å². The molecule has 0 saturated carbocycles. The summed E-state index contributed by atoms with van der Waals surface area (Å²) in [7, 11) is 1.62. The standard InChI is InChI=1S/C27H25ClN2O3/c1-27(2)16-19-10-11-22(33-3)14-23(19)24(30-27)15-25(31)17-6-5-9-21(13-17)29-26(32)18-7-4-8-20(28)12-18/h4-15,30H,16H2,1-3H3,(H,29,32). The van der Waals surface area contributed by atoms with E-state index in [0.717, 1.165) is 29.0 Å². The van der Waals surface area contributed by atoms with E-state index in [1.54, 1.807) is 61.7 Å². The van der Waals surface area contributed by atoms with Gasteiger partial charge in [0.1, 0.15) is 5.75 Å². The van der Waals surface area contributed by atoms with Gasteiger partial charge in [0.2, 0.25) is 0 Å². The number of nitrogens with one attached hydrogen (secondary N) is 2. The zero-order chi connectivity index (χ0) is 23.6. The molecule has 1 heterocycles. The molecule has 0 aliphatic carbocycles. The van der Waals surface area contributed by atoms with E-state index < -0.39 is 0 Å². The summed E-state index contributed by atoms with van der Waals surface area (Å²) in [5.41, 5.74) is 4.11. The van der Waals surface area contributed by atoms with Crippen molar-refractivity contribution in [1.82, 2.24) is 5.32 Å². The van der Waals surface area contributed by atoms with Gasteiger partial charge in [-0.1, -0.05) is 35.9 Å². The number of allylic oxidation sites excluding steroid dienone is 1. The molecule has 6 heteroatoms. The molecule has 0 atom stereocenters. The first-order chi connectivity index (χ1) is 15.7. The molecule has 0 saturated heterocycles. The van der Waals surface area contributed by atoms with Crippen molar-refractivity contribution in [3.8, 4) is 5.75 Å². The Labute approximate surface area is 198 Å². The first-order valence-corrected chi connectivity index (χ1v) is 11.0. The zero-order valence-corrected chi connectivity index (χ0v) is 19.5. The third-order valence-corrected chi connectivity index (χ3v) is 5.71. The summed E-state index contributed by atoms with van der Waals surface area (Å²) < 4.78 is 5.38. The van der Waals surface area contributed by atoms with Crippen LogP contribution in [0.3, 0.4) is 0 Å². The number of rotatable bonds is 5. The van der Waals surface area contributed by atoms with Crippen molar-refractivity contribution >= 4 is 34.7 Å². The lowest BCUT2D eigenvalue weighted by atomic mass is 9.85. The van der Waals surface area contributed by atoms with Gasteiger partial charge in [0.25, 0.3) is 5.91 Å². The van der Waals surface area contributed by atoms with Gasteiger partial charge >= 0.3 is 0 Å². The molecule has 5 nitrogen and oxygen atoms in total. The second-order valence-electron chi connectivity index (χ2n) is 8.68. The van der Waals surface area contributed by atoms with E-state index in [-0.39, 0.29) is 17.2 Å². The van der Waals surface area contributed by atoms with Crippen molar-refractivity contribution in [3.05, 3.63) is 100 Å². The van der Waals surface area contributed by atoms with Crippen LogP contribution in [0.1, 0.15) is 45.7 Å². The van der Waals surface area contributed by atoms with E-state index in [1.807, 2.05) is 18.2 Å². The monoisotopic (exact) mass is 460 g/mol. The highest BCUT2D eigenvalue weighted by molar-refractivity contribution is 6.31. The van der Waals surface area contributed by atoms with Gasteiger partial charge in [-0.05, 0) is 68.3 Å². The van der Waals surface area contributed by atoms with Crippen molar-refractivity contribution in [2.75, 3.05) is 12.4 Å². The third-order valence-electron chi connectivity index (χ3n) is 5.48. The van der Waals surface area contributed by atoms with Crippen LogP contribution >= 0.6 is 11.6 Å². The lowest BCUT2D eigenvalue weighted by Gasteiger charge is -2.35. The number of hydrogen-bond acceptors (Lipinski definition) is 4. The minimum absolute atomic E-state index is 0.164. The Kier molecular flexibility index (Phi) is 6.25. The Morgan fingerprint density at radius 3 is 2.55 bits per heavy atom. The van der Waals surface area contributed by atoms with Crippen LogP contribution < -0.4 is 15.4 Å². The van der Waals surface area contributed by atoms with Gasteiger partial charge in [-0.15, -0.1) is 0 Å². The molecule has 1 amide bonds. The van der Waals surface area contributed by atoms with Crippen molar-refractivity contribution in [2.45, 2.75) is 25.8 Å². The molecule has 0 bridgehead atoms. The first kappa shape index (κ1) is 22.6. The number of ketones is 1. The normalized spacial score (nSPS) is 15.3. The lowest BCUT2D eigenvalue weighted by molar-refractivity contribution is 0.102. The molecule has 1 aliphatic rings. The van der Waals surface area contributed by atoms with Crippen molar-refractivity contribution in [2.24, 2.45) is 0 Å². The fourth-order valence-electron chi connectivity index (χ4n) is 3.95. The van der Waals surface area contributed by atoms with Gasteiger partial charge in [0.05, 0.1) is 7.11 Å². The number of hydrogen-bond donors (Lipinski definition) is 2. The predicted octanol–water partition coefficient (Wildman–Crippen LogP) is 5.75. The van der Waals surface area contributed by atoms with E-state index >= 15 is 0 Å². The van der Waals surface area contributed by atoms with Crippen LogP contribution in [0.5, 0.6) is 5.75 Å². The Morgan fingerprint density at radius 2 is 1.79 bits per heavy atom. The molecule has 0 fully saturated rings. The molecule has 3 aromatic rings.